The summed E-state index contributed by atoms with van der Waals surface area (Å²) in [6.45, 7) is 1.86. The molecule has 3 amide bonds. The number of aromatic nitrogens is 2. The van der Waals surface area contributed by atoms with Gasteiger partial charge in [0.2, 0.25) is 5.13 Å². The van der Waals surface area contributed by atoms with Crippen LogP contribution in [0.3, 0.4) is 0 Å². The Morgan fingerprint density at radius 3 is 3.14 bits per heavy atom. The molecule has 2 heterocycles. The highest BCUT2D eigenvalue weighted by atomic mass is 32.1. The van der Waals surface area contributed by atoms with Gasteiger partial charge in [-0.15, -0.1) is 10.2 Å². The van der Waals surface area contributed by atoms with E-state index in [1.165, 1.54) is 16.8 Å². The van der Waals surface area contributed by atoms with Gasteiger partial charge in [-0.3, -0.25) is 10.1 Å². The summed E-state index contributed by atoms with van der Waals surface area (Å²) in [4.78, 5) is 23.2. The predicted octanol–water partition coefficient (Wildman–Crippen LogP) is 1.75. The maximum atomic E-state index is 11.9. The molecule has 114 valence electrons. The number of ether oxygens (including phenoxy) is 1. The number of carbonyl (C=O) groups excluding carboxylic acids is 2. The molecule has 3 rings (SSSR count). The Labute approximate surface area is 129 Å². The van der Waals surface area contributed by atoms with Gasteiger partial charge in [0.05, 0.1) is 11.7 Å². The van der Waals surface area contributed by atoms with E-state index >= 15 is 0 Å². The number of benzene rings is 1. The molecule has 0 spiro atoms. The van der Waals surface area contributed by atoms with Crippen LogP contribution in [0.5, 0.6) is 5.75 Å². The van der Waals surface area contributed by atoms with E-state index in [0.717, 1.165) is 5.56 Å². The number of fused-ring (bicyclic) bond motifs is 1. The molecule has 0 unspecified atom stereocenters. The van der Waals surface area contributed by atoms with Crippen molar-refractivity contribution in [3.05, 3.63) is 29.3 Å². The van der Waals surface area contributed by atoms with Crippen molar-refractivity contribution >= 4 is 34.1 Å². The van der Waals surface area contributed by atoms with Crippen molar-refractivity contribution in [1.29, 1.82) is 0 Å². The van der Waals surface area contributed by atoms with Gasteiger partial charge in [0.15, 0.2) is 6.61 Å². The highest BCUT2D eigenvalue weighted by Crippen LogP contribution is 2.30. The second-order valence-electron chi connectivity index (χ2n) is 4.66. The minimum atomic E-state index is -0.373. The smallest absolute Gasteiger partial charge is 0.321 e. The zero-order chi connectivity index (χ0) is 15.5. The van der Waals surface area contributed by atoms with Crippen molar-refractivity contribution in [1.82, 2.24) is 15.5 Å². The quantitative estimate of drug-likeness (QED) is 0.799. The summed E-state index contributed by atoms with van der Waals surface area (Å²) < 4.78 is 5.30. The number of nitrogens with zero attached hydrogens (tertiary/aromatic N) is 2. The molecule has 1 aliphatic heterocycles. The summed E-state index contributed by atoms with van der Waals surface area (Å²) in [6.07, 6.45) is 0. The third kappa shape index (κ3) is 3.14. The van der Waals surface area contributed by atoms with E-state index in [4.69, 9.17) is 4.74 Å². The molecule has 9 heteroatoms. The number of amides is 3. The highest BCUT2D eigenvalue weighted by Gasteiger charge is 2.18. The van der Waals surface area contributed by atoms with Gasteiger partial charge in [-0.25, -0.2) is 4.79 Å². The molecule has 0 saturated carbocycles. The molecule has 22 heavy (non-hydrogen) atoms. The van der Waals surface area contributed by atoms with Crippen LogP contribution < -0.4 is 20.7 Å². The van der Waals surface area contributed by atoms with Gasteiger partial charge >= 0.3 is 6.03 Å². The predicted molar refractivity (Wildman–Crippen MR) is 81.0 cm³/mol. The lowest BCUT2D eigenvalue weighted by Crippen LogP contribution is -2.31. The fourth-order valence-corrected chi connectivity index (χ4v) is 2.45. The van der Waals surface area contributed by atoms with E-state index in [0.29, 0.717) is 16.6 Å². The van der Waals surface area contributed by atoms with Crippen molar-refractivity contribution in [2.45, 2.75) is 13.0 Å². The number of carbonyl (C=O) groups is 2. The zero-order valence-electron chi connectivity index (χ0n) is 11.6. The van der Waals surface area contributed by atoms with Gasteiger partial charge in [-0.2, -0.15) is 0 Å². The van der Waals surface area contributed by atoms with Crippen LogP contribution in [0.15, 0.2) is 23.7 Å². The summed E-state index contributed by atoms with van der Waals surface area (Å²) in [7, 11) is 0. The Morgan fingerprint density at radius 2 is 2.36 bits per heavy atom. The van der Waals surface area contributed by atoms with Crippen molar-refractivity contribution in [3.8, 4) is 5.75 Å². The summed E-state index contributed by atoms with van der Waals surface area (Å²) >= 11 is 1.23. The van der Waals surface area contributed by atoms with Gasteiger partial charge in [0.1, 0.15) is 11.3 Å². The SMILES string of the molecule is C[C@H](NC(=O)Nc1nncs1)c1ccc2c(c1)NC(=O)CO2. The number of rotatable bonds is 3. The lowest BCUT2D eigenvalue weighted by atomic mass is 10.1. The summed E-state index contributed by atoms with van der Waals surface area (Å²) in [5.41, 5.74) is 2.98. The molecule has 0 bridgehead atoms. The Balaban J connectivity index is 1.67. The van der Waals surface area contributed by atoms with E-state index in [-0.39, 0.29) is 24.6 Å². The molecule has 0 fully saturated rings. The lowest BCUT2D eigenvalue weighted by molar-refractivity contribution is -0.118. The molecular formula is C13H13N5O3S. The molecule has 0 radical (unpaired) electrons. The van der Waals surface area contributed by atoms with Crippen LogP contribution >= 0.6 is 11.3 Å². The van der Waals surface area contributed by atoms with Gasteiger partial charge in [-0.05, 0) is 24.6 Å². The summed E-state index contributed by atoms with van der Waals surface area (Å²) in [6, 6.07) is 4.76. The topological polar surface area (TPSA) is 105 Å². The Kier molecular flexibility index (Phi) is 3.88. The van der Waals surface area contributed by atoms with Crippen LogP contribution in [-0.2, 0) is 4.79 Å². The van der Waals surface area contributed by atoms with Crippen LogP contribution in [0.1, 0.15) is 18.5 Å². The van der Waals surface area contributed by atoms with Gasteiger partial charge in [0, 0.05) is 0 Å². The number of hydrogen-bond acceptors (Lipinski definition) is 6. The molecule has 0 aliphatic carbocycles. The fourth-order valence-electron chi connectivity index (χ4n) is 2.01. The molecule has 1 aromatic heterocycles. The average molecular weight is 319 g/mol. The maximum absolute atomic E-state index is 11.9. The van der Waals surface area contributed by atoms with Crippen molar-refractivity contribution in [3.63, 3.8) is 0 Å². The van der Waals surface area contributed by atoms with E-state index < -0.39 is 0 Å². The van der Waals surface area contributed by atoms with Gasteiger partial charge < -0.3 is 15.4 Å². The molecule has 1 atom stereocenters. The Bertz CT molecular complexity index is 704. The monoisotopic (exact) mass is 319 g/mol. The first kappa shape index (κ1) is 14.3. The zero-order valence-corrected chi connectivity index (χ0v) is 12.4. The number of hydrogen-bond donors (Lipinski definition) is 3. The van der Waals surface area contributed by atoms with Gasteiger partial charge in [-0.1, -0.05) is 17.4 Å². The van der Waals surface area contributed by atoms with E-state index in [2.05, 4.69) is 26.1 Å². The average Bonchev–Trinajstić information content (AvgIpc) is 2.99. The van der Waals surface area contributed by atoms with E-state index in [9.17, 15) is 9.59 Å². The lowest BCUT2D eigenvalue weighted by Gasteiger charge is -2.20. The standard InChI is InChI=1S/C13H13N5O3S/c1-7(15-12(20)17-13-18-14-6-22-13)8-2-3-10-9(4-8)16-11(19)5-21-10/h2-4,6-7H,5H2,1H3,(H,16,19)(H2,15,17,18,20)/t7-/m0/s1. The minimum absolute atomic E-state index is 0.0183. The second kappa shape index (κ2) is 5.98. The second-order valence-corrected chi connectivity index (χ2v) is 5.49. The fraction of sp³-hybridized carbons (Fsp3) is 0.231. The Hall–Kier alpha value is -2.68. The molecule has 0 saturated heterocycles. The first-order chi connectivity index (χ1) is 10.6. The van der Waals surface area contributed by atoms with E-state index in [1.54, 1.807) is 12.1 Å². The molecule has 1 aromatic carbocycles. The van der Waals surface area contributed by atoms with Gasteiger partial charge in [0.25, 0.3) is 5.91 Å². The maximum Gasteiger partial charge on any atom is 0.321 e. The van der Waals surface area contributed by atoms with Crippen LogP contribution in [0.25, 0.3) is 0 Å². The summed E-state index contributed by atoms with van der Waals surface area (Å²) in [5, 5.41) is 15.9. The summed E-state index contributed by atoms with van der Waals surface area (Å²) in [5.74, 6) is 0.424. The first-order valence-electron chi connectivity index (χ1n) is 6.52. The number of urea groups is 1. The van der Waals surface area contributed by atoms with E-state index in [1.807, 2.05) is 13.0 Å². The van der Waals surface area contributed by atoms with Crippen molar-refractivity contribution in [2.24, 2.45) is 0 Å². The number of anilines is 2. The molecule has 8 nitrogen and oxygen atoms in total. The van der Waals surface area contributed by atoms with Crippen LogP contribution in [-0.4, -0.2) is 28.7 Å². The van der Waals surface area contributed by atoms with Crippen molar-refractivity contribution in [2.75, 3.05) is 17.2 Å². The van der Waals surface area contributed by atoms with Crippen molar-refractivity contribution < 1.29 is 14.3 Å². The van der Waals surface area contributed by atoms with Crippen LogP contribution in [0, 0.1) is 0 Å². The number of nitrogens with one attached hydrogen (secondary N) is 3. The minimum Gasteiger partial charge on any atom is -0.482 e. The van der Waals surface area contributed by atoms with Crippen LogP contribution in [0.4, 0.5) is 15.6 Å². The van der Waals surface area contributed by atoms with Crippen LogP contribution in [0.2, 0.25) is 0 Å². The third-order valence-corrected chi connectivity index (χ3v) is 3.67. The Morgan fingerprint density at radius 1 is 1.50 bits per heavy atom. The first-order valence-corrected chi connectivity index (χ1v) is 7.40. The molecule has 3 N–H and O–H groups in total. The third-order valence-electron chi connectivity index (χ3n) is 3.06. The normalized spacial score (nSPS) is 14.3. The highest BCUT2D eigenvalue weighted by molar-refractivity contribution is 7.13. The molecule has 1 aliphatic rings. The molecule has 2 aromatic rings. The molecular weight excluding hydrogens is 306 g/mol. The largest absolute Gasteiger partial charge is 0.482 e.